The van der Waals surface area contributed by atoms with Crippen molar-refractivity contribution in [3.8, 4) is 0 Å². The van der Waals surface area contributed by atoms with Crippen LogP contribution in [0.5, 0.6) is 0 Å². The average molecular weight is 358 g/mol. The first-order chi connectivity index (χ1) is 12.4. The quantitative estimate of drug-likeness (QED) is 0.857. The van der Waals surface area contributed by atoms with Crippen LogP contribution in [0.1, 0.15) is 29.3 Å². The number of hydrogen-bond donors (Lipinski definition) is 1. The van der Waals surface area contributed by atoms with E-state index in [9.17, 15) is 19.5 Å². The maximum atomic E-state index is 13.0. The molecule has 26 heavy (non-hydrogen) atoms. The fraction of sp³-hybridized carbons (Fsp3) is 0.526. The van der Waals surface area contributed by atoms with Crippen LogP contribution in [-0.4, -0.2) is 60.6 Å². The maximum Gasteiger partial charge on any atom is 0.311 e. The highest BCUT2D eigenvalue weighted by molar-refractivity contribution is 5.98. The number of aliphatic carboxylic acids is 1. The van der Waals surface area contributed by atoms with Crippen molar-refractivity contribution >= 4 is 23.5 Å². The Hall–Kier alpha value is -2.41. The number of carbonyl (C=O) groups excluding carboxylic acids is 2. The number of carbonyl (C=O) groups is 3. The fourth-order valence-corrected chi connectivity index (χ4v) is 4.50. The number of carboxylic acid groups (broad SMARTS) is 1. The van der Waals surface area contributed by atoms with Crippen LogP contribution in [0.15, 0.2) is 18.2 Å². The molecule has 2 saturated heterocycles. The molecule has 7 heteroatoms. The van der Waals surface area contributed by atoms with Gasteiger partial charge in [-0.25, -0.2) is 0 Å². The molecule has 3 aliphatic rings. The Labute approximate surface area is 151 Å². The normalized spacial score (nSPS) is 27.2. The smallest absolute Gasteiger partial charge is 0.311 e. The van der Waals surface area contributed by atoms with Gasteiger partial charge in [0.15, 0.2) is 0 Å². The molecule has 0 aliphatic carbocycles. The van der Waals surface area contributed by atoms with Gasteiger partial charge in [-0.1, -0.05) is 0 Å². The van der Waals surface area contributed by atoms with Crippen molar-refractivity contribution in [1.82, 2.24) is 4.90 Å². The number of carboxylic acids is 1. The van der Waals surface area contributed by atoms with E-state index in [1.807, 2.05) is 12.1 Å². The molecule has 1 N–H and O–H groups in total. The summed E-state index contributed by atoms with van der Waals surface area (Å²) in [6.07, 6.45) is 1.17. The number of nitrogens with zero attached hydrogens (tertiary/aromatic N) is 2. The minimum absolute atomic E-state index is 0.00477. The van der Waals surface area contributed by atoms with Crippen molar-refractivity contribution in [3.63, 3.8) is 0 Å². The van der Waals surface area contributed by atoms with Gasteiger partial charge in [0.05, 0.1) is 12.0 Å². The monoisotopic (exact) mass is 358 g/mol. The van der Waals surface area contributed by atoms with Crippen LogP contribution in [0.2, 0.25) is 0 Å². The van der Waals surface area contributed by atoms with Gasteiger partial charge in [-0.2, -0.15) is 0 Å². The molecule has 2 amide bonds. The summed E-state index contributed by atoms with van der Waals surface area (Å²) in [5.74, 6) is -1.16. The van der Waals surface area contributed by atoms with Gasteiger partial charge in [-0.3, -0.25) is 14.4 Å². The Morgan fingerprint density at radius 3 is 2.81 bits per heavy atom. The molecule has 2 fully saturated rings. The van der Waals surface area contributed by atoms with Gasteiger partial charge in [-0.05, 0) is 36.6 Å². The molecule has 1 aromatic carbocycles. The Kier molecular flexibility index (Phi) is 3.99. The van der Waals surface area contributed by atoms with Crippen molar-refractivity contribution in [2.24, 2.45) is 11.3 Å². The van der Waals surface area contributed by atoms with Gasteiger partial charge >= 0.3 is 5.97 Å². The molecular formula is C19H22N2O5. The molecule has 2 atom stereocenters. The second-order valence-corrected chi connectivity index (χ2v) is 7.43. The van der Waals surface area contributed by atoms with Gasteiger partial charge in [0, 0.05) is 50.3 Å². The second-order valence-electron chi connectivity index (χ2n) is 7.43. The van der Waals surface area contributed by atoms with Crippen LogP contribution in [0.3, 0.4) is 0 Å². The predicted octanol–water partition coefficient (Wildman–Crippen LogP) is 1.16. The van der Waals surface area contributed by atoms with E-state index in [1.165, 1.54) is 6.92 Å². The highest BCUT2D eigenvalue weighted by atomic mass is 16.5. The molecule has 0 radical (unpaired) electrons. The van der Waals surface area contributed by atoms with Crippen LogP contribution in [0, 0.1) is 11.3 Å². The molecule has 1 aromatic rings. The summed E-state index contributed by atoms with van der Waals surface area (Å²) in [5.41, 5.74) is 1.50. The maximum absolute atomic E-state index is 13.0. The molecular weight excluding hydrogens is 336 g/mol. The zero-order chi connectivity index (χ0) is 18.5. The van der Waals surface area contributed by atoms with E-state index in [4.69, 9.17) is 4.74 Å². The minimum Gasteiger partial charge on any atom is -0.481 e. The van der Waals surface area contributed by atoms with Crippen LogP contribution in [0.25, 0.3) is 0 Å². The van der Waals surface area contributed by atoms with Gasteiger partial charge in [0.1, 0.15) is 0 Å². The first-order valence-corrected chi connectivity index (χ1v) is 8.94. The number of ether oxygens (including phenoxy) is 1. The standard InChI is InChI=1S/C19H22N2O5/c1-12(22)21-6-4-13-8-14(2-3-16(13)21)17(23)20-9-15-10-26-7-5-19(15,11-20)18(24)25/h2-3,8,15H,4-7,9-11H2,1H3,(H,24,25)/t15-,19+/m0/s1. The number of rotatable bonds is 2. The van der Waals surface area contributed by atoms with Gasteiger partial charge in [0.2, 0.25) is 5.91 Å². The van der Waals surface area contributed by atoms with Gasteiger partial charge in [-0.15, -0.1) is 0 Å². The van der Waals surface area contributed by atoms with Crippen molar-refractivity contribution < 1.29 is 24.2 Å². The Balaban J connectivity index is 1.58. The van der Waals surface area contributed by atoms with E-state index >= 15 is 0 Å². The van der Waals surface area contributed by atoms with Crippen molar-refractivity contribution in [2.45, 2.75) is 19.8 Å². The van der Waals surface area contributed by atoms with E-state index < -0.39 is 11.4 Å². The van der Waals surface area contributed by atoms with Gasteiger partial charge in [0.25, 0.3) is 5.91 Å². The number of hydrogen-bond acceptors (Lipinski definition) is 4. The van der Waals surface area contributed by atoms with E-state index in [1.54, 1.807) is 15.9 Å². The average Bonchev–Trinajstić information content (AvgIpc) is 3.22. The van der Waals surface area contributed by atoms with Crippen LogP contribution >= 0.6 is 0 Å². The molecule has 138 valence electrons. The third-order valence-electron chi connectivity index (χ3n) is 6.02. The second kappa shape index (κ2) is 6.09. The summed E-state index contributed by atoms with van der Waals surface area (Å²) < 4.78 is 5.45. The number of likely N-dealkylation sites (tertiary alicyclic amines) is 1. The number of amides is 2. The van der Waals surface area contributed by atoms with Crippen LogP contribution in [-0.2, 0) is 20.7 Å². The SMILES string of the molecule is CC(=O)N1CCc2cc(C(=O)N3C[C@H]4COCC[C@@]4(C(=O)O)C3)ccc21. The molecule has 3 aliphatic heterocycles. The zero-order valence-electron chi connectivity index (χ0n) is 14.7. The highest BCUT2D eigenvalue weighted by Crippen LogP contribution is 2.43. The lowest BCUT2D eigenvalue weighted by Crippen LogP contribution is -2.45. The van der Waals surface area contributed by atoms with Crippen molar-refractivity contribution in [2.75, 3.05) is 37.7 Å². The lowest BCUT2D eigenvalue weighted by molar-refractivity contribution is -0.157. The lowest BCUT2D eigenvalue weighted by Gasteiger charge is -2.33. The summed E-state index contributed by atoms with van der Waals surface area (Å²) in [6, 6.07) is 5.39. The lowest BCUT2D eigenvalue weighted by atomic mass is 9.74. The molecule has 0 unspecified atom stereocenters. The molecule has 7 nitrogen and oxygen atoms in total. The Bertz CT molecular complexity index is 792. The summed E-state index contributed by atoms with van der Waals surface area (Å²) >= 11 is 0. The van der Waals surface area contributed by atoms with Crippen LogP contribution < -0.4 is 4.90 Å². The molecule has 4 rings (SSSR count). The van der Waals surface area contributed by atoms with E-state index in [0.29, 0.717) is 38.3 Å². The molecule has 3 heterocycles. The molecule has 0 bridgehead atoms. The predicted molar refractivity (Wildman–Crippen MR) is 93.1 cm³/mol. The Morgan fingerprint density at radius 2 is 2.12 bits per heavy atom. The number of anilines is 1. The van der Waals surface area contributed by atoms with Gasteiger partial charge < -0.3 is 19.6 Å². The summed E-state index contributed by atoms with van der Waals surface area (Å²) in [4.78, 5) is 39.9. The summed E-state index contributed by atoms with van der Waals surface area (Å²) in [7, 11) is 0. The third-order valence-corrected chi connectivity index (χ3v) is 6.02. The van der Waals surface area contributed by atoms with E-state index in [-0.39, 0.29) is 24.3 Å². The summed E-state index contributed by atoms with van der Waals surface area (Å²) in [6.45, 7) is 3.60. The molecule has 0 aromatic heterocycles. The number of benzene rings is 1. The van der Waals surface area contributed by atoms with Crippen LogP contribution in [0.4, 0.5) is 5.69 Å². The topological polar surface area (TPSA) is 87.2 Å². The fourth-order valence-electron chi connectivity index (χ4n) is 4.50. The highest BCUT2D eigenvalue weighted by Gasteiger charge is 2.55. The largest absolute Gasteiger partial charge is 0.481 e. The Morgan fingerprint density at radius 1 is 1.31 bits per heavy atom. The molecule has 0 saturated carbocycles. The van der Waals surface area contributed by atoms with E-state index in [2.05, 4.69) is 0 Å². The first kappa shape index (κ1) is 17.0. The molecule has 0 spiro atoms. The van der Waals surface area contributed by atoms with Crippen molar-refractivity contribution in [3.05, 3.63) is 29.3 Å². The first-order valence-electron chi connectivity index (χ1n) is 8.94. The minimum atomic E-state index is -0.893. The third kappa shape index (κ3) is 2.49. The van der Waals surface area contributed by atoms with E-state index in [0.717, 1.165) is 17.7 Å². The van der Waals surface area contributed by atoms with Crippen molar-refractivity contribution in [1.29, 1.82) is 0 Å². The summed E-state index contributed by atoms with van der Waals surface area (Å²) in [5, 5.41) is 9.75. The zero-order valence-corrected chi connectivity index (χ0v) is 14.7. The number of fused-ring (bicyclic) bond motifs is 2.